The minimum atomic E-state index is -0.464. The molecular formula is C17H23ClN2O2S. The zero-order valence-electron chi connectivity index (χ0n) is 13.4. The van der Waals surface area contributed by atoms with Gasteiger partial charge < -0.3 is 15.8 Å². The molecule has 1 amide bonds. The summed E-state index contributed by atoms with van der Waals surface area (Å²) in [6, 6.07) is 11.5. The first-order valence-corrected chi connectivity index (χ1v) is 8.63. The second-order valence-electron chi connectivity index (χ2n) is 5.07. The molecular weight excluding hydrogens is 332 g/mol. The van der Waals surface area contributed by atoms with Crippen LogP contribution < -0.4 is 15.8 Å². The number of ether oxygens (including phenoxy) is 1. The van der Waals surface area contributed by atoms with Crippen molar-refractivity contribution in [1.29, 1.82) is 0 Å². The van der Waals surface area contributed by atoms with Gasteiger partial charge in [-0.2, -0.15) is 11.8 Å². The minimum absolute atomic E-state index is 0. The maximum absolute atomic E-state index is 12.1. The van der Waals surface area contributed by atoms with Crippen LogP contribution in [0.1, 0.15) is 12.0 Å². The molecule has 0 unspecified atom stereocenters. The summed E-state index contributed by atoms with van der Waals surface area (Å²) in [6.45, 7) is 0.413. The van der Waals surface area contributed by atoms with Gasteiger partial charge >= 0.3 is 0 Å². The summed E-state index contributed by atoms with van der Waals surface area (Å²) in [5, 5.41) is 5.13. The molecule has 0 spiro atoms. The van der Waals surface area contributed by atoms with Crippen LogP contribution in [-0.2, 0) is 11.3 Å². The Kier molecular flexibility index (Phi) is 8.23. The number of hydrogen-bond donors (Lipinski definition) is 2. The number of fused-ring (bicyclic) bond motifs is 1. The smallest absolute Gasteiger partial charge is 0.237 e. The maximum atomic E-state index is 12.1. The Bertz CT molecular complexity index is 652. The van der Waals surface area contributed by atoms with E-state index in [4.69, 9.17) is 10.5 Å². The van der Waals surface area contributed by atoms with Crippen LogP contribution in [0.3, 0.4) is 0 Å². The molecule has 0 fully saturated rings. The average molecular weight is 355 g/mol. The van der Waals surface area contributed by atoms with Crippen molar-refractivity contribution in [2.24, 2.45) is 5.73 Å². The summed E-state index contributed by atoms with van der Waals surface area (Å²) >= 11 is 1.69. The van der Waals surface area contributed by atoms with Crippen LogP contribution in [0, 0.1) is 0 Å². The number of methoxy groups -OCH3 is 1. The SMILES string of the molecule is COc1ccc2ccccc2c1CNC(=O)[C@@H](N)CCSC.Cl. The quantitative estimate of drug-likeness (QED) is 0.802. The number of carbonyl (C=O) groups excluding carboxylic acids is 1. The maximum Gasteiger partial charge on any atom is 0.237 e. The third-order valence-corrected chi connectivity index (χ3v) is 4.27. The number of amides is 1. The van der Waals surface area contributed by atoms with Gasteiger partial charge in [0, 0.05) is 12.1 Å². The molecule has 0 bridgehead atoms. The fourth-order valence-corrected chi connectivity index (χ4v) is 2.86. The van der Waals surface area contributed by atoms with E-state index in [-0.39, 0.29) is 18.3 Å². The topological polar surface area (TPSA) is 64.3 Å². The Morgan fingerprint density at radius 3 is 2.74 bits per heavy atom. The van der Waals surface area contributed by atoms with Gasteiger partial charge in [0.1, 0.15) is 5.75 Å². The van der Waals surface area contributed by atoms with E-state index in [9.17, 15) is 4.79 Å². The van der Waals surface area contributed by atoms with E-state index in [0.717, 1.165) is 27.8 Å². The fourth-order valence-electron chi connectivity index (χ4n) is 2.37. The molecule has 1 atom stereocenters. The monoisotopic (exact) mass is 354 g/mol. The standard InChI is InChI=1S/C17H22N2O2S.ClH/c1-21-16-8-7-12-5-3-4-6-13(12)14(16)11-19-17(20)15(18)9-10-22-2;/h3-8,15H,9-11,18H2,1-2H3,(H,19,20);1H/t15-;/m0./s1. The van der Waals surface area contributed by atoms with Gasteiger partial charge in [-0.3, -0.25) is 4.79 Å². The van der Waals surface area contributed by atoms with Crippen molar-refractivity contribution in [3.63, 3.8) is 0 Å². The molecule has 2 aromatic rings. The summed E-state index contributed by atoms with van der Waals surface area (Å²) in [5.74, 6) is 1.53. The fraction of sp³-hybridized carbons (Fsp3) is 0.353. The Morgan fingerprint density at radius 2 is 2.04 bits per heavy atom. The molecule has 0 radical (unpaired) electrons. The van der Waals surface area contributed by atoms with Crippen molar-refractivity contribution < 1.29 is 9.53 Å². The molecule has 2 aromatic carbocycles. The van der Waals surface area contributed by atoms with Crippen LogP contribution in [0.2, 0.25) is 0 Å². The zero-order chi connectivity index (χ0) is 15.9. The molecule has 0 aromatic heterocycles. The van der Waals surface area contributed by atoms with E-state index in [1.54, 1.807) is 18.9 Å². The Hall–Kier alpha value is -1.43. The van der Waals surface area contributed by atoms with E-state index in [1.165, 1.54) is 0 Å². The largest absolute Gasteiger partial charge is 0.496 e. The van der Waals surface area contributed by atoms with E-state index in [2.05, 4.69) is 5.32 Å². The molecule has 0 saturated carbocycles. The molecule has 3 N–H and O–H groups in total. The molecule has 0 saturated heterocycles. The number of rotatable bonds is 7. The second kappa shape index (κ2) is 9.65. The highest BCUT2D eigenvalue weighted by atomic mass is 35.5. The average Bonchev–Trinajstić information content (AvgIpc) is 2.56. The lowest BCUT2D eigenvalue weighted by atomic mass is 10.0. The molecule has 0 aliphatic rings. The third-order valence-electron chi connectivity index (χ3n) is 3.63. The van der Waals surface area contributed by atoms with Crippen molar-refractivity contribution >= 4 is 40.8 Å². The molecule has 0 aliphatic heterocycles. The van der Waals surface area contributed by atoms with Crippen LogP contribution in [0.25, 0.3) is 10.8 Å². The van der Waals surface area contributed by atoms with Gasteiger partial charge in [-0.05, 0) is 35.3 Å². The predicted octanol–water partition coefficient (Wildman–Crippen LogP) is 2.97. The molecule has 2 rings (SSSR count). The van der Waals surface area contributed by atoms with Gasteiger partial charge in [0.15, 0.2) is 0 Å². The van der Waals surface area contributed by atoms with E-state index in [0.29, 0.717) is 13.0 Å². The third kappa shape index (κ3) is 5.03. The van der Waals surface area contributed by atoms with Crippen LogP contribution in [0.15, 0.2) is 36.4 Å². The Morgan fingerprint density at radius 1 is 1.30 bits per heavy atom. The summed E-state index contributed by atoms with van der Waals surface area (Å²) in [7, 11) is 1.64. The van der Waals surface area contributed by atoms with Crippen molar-refractivity contribution in [2.45, 2.75) is 19.0 Å². The van der Waals surface area contributed by atoms with E-state index in [1.807, 2.05) is 42.7 Å². The van der Waals surface area contributed by atoms with Crippen molar-refractivity contribution in [2.75, 3.05) is 19.1 Å². The number of halogens is 1. The van der Waals surface area contributed by atoms with Crippen LogP contribution in [-0.4, -0.2) is 31.1 Å². The van der Waals surface area contributed by atoms with Gasteiger partial charge in [-0.15, -0.1) is 12.4 Å². The summed E-state index contributed by atoms with van der Waals surface area (Å²) in [5.41, 5.74) is 6.87. The number of hydrogen-bond acceptors (Lipinski definition) is 4. The molecule has 23 heavy (non-hydrogen) atoms. The number of benzene rings is 2. The lowest BCUT2D eigenvalue weighted by molar-refractivity contribution is -0.122. The van der Waals surface area contributed by atoms with Crippen LogP contribution in [0.4, 0.5) is 0 Å². The van der Waals surface area contributed by atoms with Crippen molar-refractivity contribution in [3.05, 3.63) is 42.0 Å². The first kappa shape index (κ1) is 19.6. The number of thioether (sulfide) groups is 1. The highest BCUT2D eigenvalue weighted by molar-refractivity contribution is 7.98. The van der Waals surface area contributed by atoms with Crippen LogP contribution >= 0.6 is 24.2 Å². The van der Waals surface area contributed by atoms with E-state index < -0.39 is 6.04 Å². The van der Waals surface area contributed by atoms with Gasteiger partial charge in [-0.25, -0.2) is 0 Å². The highest BCUT2D eigenvalue weighted by Gasteiger charge is 2.14. The Balaban J connectivity index is 0.00000264. The van der Waals surface area contributed by atoms with Gasteiger partial charge in [0.05, 0.1) is 13.2 Å². The van der Waals surface area contributed by atoms with Gasteiger partial charge in [0.25, 0.3) is 0 Å². The van der Waals surface area contributed by atoms with Gasteiger partial charge in [0.2, 0.25) is 5.91 Å². The summed E-state index contributed by atoms with van der Waals surface area (Å²) in [4.78, 5) is 12.1. The first-order valence-electron chi connectivity index (χ1n) is 7.24. The predicted molar refractivity (Wildman–Crippen MR) is 101 cm³/mol. The van der Waals surface area contributed by atoms with Crippen molar-refractivity contribution in [3.8, 4) is 5.75 Å². The normalized spacial score (nSPS) is 11.6. The number of carbonyl (C=O) groups is 1. The molecule has 126 valence electrons. The molecule has 6 heteroatoms. The van der Waals surface area contributed by atoms with E-state index >= 15 is 0 Å². The summed E-state index contributed by atoms with van der Waals surface area (Å²) < 4.78 is 5.43. The minimum Gasteiger partial charge on any atom is -0.496 e. The molecule has 4 nitrogen and oxygen atoms in total. The highest BCUT2D eigenvalue weighted by Crippen LogP contribution is 2.27. The van der Waals surface area contributed by atoms with Gasteiger partial charge in [-0.1, -0.05) is 30.3 Å². The molecule has 0 aliphatic carbocycles. The Labute approximate surface area is 147 Å². The number of nitrogens with two attached hydrogens (primary N) is 1. The second-order valence-corrected chi connectivity index (χ2v) is 6.06. The number of nitrogens with one attached hydrogen (secondary N) is 1. The zero-order valence-corrected chi connectivity index (χ0v) is 15.0. The van der Waals surface area contributed by atoms with Crippen LogP contribution in [0.5, 0.6) is 5.75 Å². The molecule has 0 heterocycles. The van der Waals surface area contributed by atoms with Crippen molar-refractivity contribution in [1.82, 2.24) is 5.32 Å². The lowest BCUT2D eigenvalue weighted by Crippen LogP contribution is -2.40. The lowest BCUT2D eigenvalue weighted by Gasteiger charge is -2.15. The first-order chi connectivity index (χ1) is 10.7. The summed E-state index contributed by atoms with van der Waals surface area (Å²) in [6.07, 6.45) is 2.69.